The molecule has 1 aromatic carbocycles. The van der Waals surface area contributed by atoms with Crippen molar-refractivity contribution in [3.05, 3.63) is 34.4 Å². The van der Waals surface area contributed by atoms with Gasteiger partial charge in [-0.25, -0.2) is 0 Å². The van der Waals surface area contributed by atoms with Crippen LogP contribution < -0.4 is 0 Å². The largest absolute Gasteiger partial charge is 0.466 e. The van der Waals surface area contributed by atoms with Crippen LogP contribution in [0.2, 0.25) is 0 Å². The number of rotatable bonds is 5. The van der Waals surface area contributed by atoms with Gasteiger partial charge in [-0.05, 0) is 70.3 Å². The number of carbonyl (C=O) groups excluding carboxylic acids is 1. The zero-order valence-electron chi connectivity index (χ0n) is 13.7. The standard InChI is InChI=1S/C18H27NO2/c1-5-21-17(20)12-16(19-8-6-7-9-19)18-14(3)10-13(2)11-15(18)4/h10-11,16H,5-9,12H2,1-4H3. The Morgan fingerprint density at radius 2 is 1.76 bits per heavy atom. The van der Waals surface area contributed by atoms with E-state index in [1.807, 2.05) is 6.92 Å². The van der Waals surface area contributed by atoms with E-state index < -0.39 is 0 Å². The van der Waals surface area contributed by atoms with Crippen LogP contribution in [0.5, 0.6) is 0 Å². The first-order valence-corrected chi connectivity index (χ1v) is 8.00. The molecular formula is C18H27NO2. The molecule has 3 heteroatoms. The van der Waals surface area contributed by atoms with E-state index in [-0.39, 0.29) is 12.0 Å². The molecule has 0 radical (unpaired) electrons. The van der Waals surface area contributed by atoms with E-state index in [9.17, 15) is 4.79 Å². The van der Waals surface area contributed by atoms with Crippen molar-refractivity contribution in [1.29, 1.82) is 0 Å². The van der Waals surface area contributed by atoms with Gasteiger partial charge in [0.05, 0.1) is 13.0 Å². The molecule has 0 amide bonds. The molecule has 0 aliphatic carbocycles. The van der Waals surface area contributed by atoms with E-state index in [0.717, 1.165) is 13.1 Å². The third-order valence-corrected chi connectivity index (χ3v) is 4.32. The van der Waals surface area contributed by atoms with Crippen molar-refractivity contribution in [2.75, 3.05) is 19.7 Å². The van der Waals surface area contributed by atoms with Crippen LogP contribution in [0, 0.1) is 20.8 Å². The summed E-state index contributed by atoms with van der Waals surface area (Å²) >= 11 is 0. The fourth-order valence-electron chi connectivity index (χ4n) is 3.56. The molecule has 1 heterocycles. The summed E-state index contributed by atoms with van der Waals surface area (Å²) in [5.74, 6) is -0.0891. The number of esters is 1. The Morgan fingerprint density at radius 3 is 2.29 bits per heavy atom. The molecule has 1 aliphatic rings. The average molecular weight is 289 g/mol. The van der Waals surface area contributed by atoms with E-state index in [4.69, 9.17) is 4.74 Å². The predicted octanol–water partition coefficient (Wildman–Crippen LogP) is 3.70. The summed E-state index contributed by atoms with van der Waals surface area (Å²) in [5, 5.41) is 0. The highest BCUT2D eigenvalue weighted by molar-refractivity contribution is 5.70. The lowest BCUT2D eigenvalue weighted by Crippen LogP contribution is -2.29. The quantitative estimate of drug-likeness (QED) is 0.774. The molecule has 0 saturated carbocycles. The number of benzene rings is 1. The maximum atomic E-state index is 12.0. The molecule has 1 fully saturated rings. The fourth-order valence-corrected chi connectivity index (χ4v) is 3.56. The molecular weight excluding hydrogens is 262 g/mol. The molecule has 1 aromatic rings. The highest BCUT2D eigenvalue weighted by Gasteiger charge is 2.28. The topological polar surface area (TPSA) is 29.5 Å². The number of carbonyl (C=O) groups is 1. The Bertz CT molecular complexity index is 481. The first-order valence-electron chi connectivity index (χ1n) is 8.00. The normalized spacial score (nSPS) is 17.0. The van der Waals surface area contributed by atoms with E-state index in [1.54, 1.807) is 0 Å². The van der Waals surface area contributed by atoms with Gasteiger partial charge >= 0.3 is 5.97 Å². The van der Waals surface area contributed by atoms with Gasteiger partial charge in [0, 0.05) is 6.04 Å². The summed E-state index contributed by atoms with van der Waals surface area (Å²) in [7, 11) is 0. The van der Waals surface area contributed by atoms with Gasteiger partial charge in [-0.15, -0.1) is 0 Å². The highest BCUT2D eigenvalue weighted by Crippen LogP contribution is 2.33. The lowest BCUT2D eigenvalue weighted by Gasteiger charge is -2.30. The number of hydrogen-bond donors (Lipinski definition) is 0. The van der Waals surface area contributed by atoms with E-state index in [0.29, 0.717) is 13.0 Å². The first-order chi connectivity index (χ1) is 10.0. The Balaban J connectivity index is 2.32. The van der Waals surface area contributed by atoms with Crippen LogP contribution in [0.3, 0.4) is 0 Å². The molecule has 0 aromatic heterocycles. The Hall–Kier alpha value is -1.35. The molecule has 21 heavy (non-hydrogen) atoms. The molecule has 0 N–H and O–H groups in total. The van der Waals surface area contributed by atoms with Crippen molar-refractivity contribution in [2.45, 2.75) is 53.0 Å². The number of likely N-dealkylation sites (tertiary alicyclic amines) is 1. The molecule has 116 valence electrons. The zero-order chi connectivity index (χ0) is 15.4. The zero-order valence-corrected chi connectivity index (χ0v) is 13.7. The molecule has 1 saturated heterocycles. The molecule has 1 atom stereocenters. The Labute approximate surface area is 128 Å². The summed E-state index contributed by atoms with van der Waals surface area (Å²) in [5.41, 5.74) is 5.17. The van der Waals surface area contributed by atoms with Crippen molar-refractivity contribution in [1.82, 2.24) is 4.90 Å². The van der Waals surface area contributed by atoms with Crippen molar-refractivity contribution in [3.8, 4) is 0 Å². The van der Waals surface area contributed by atoms with Crippen LogP contribution in [0.15, 0.2) is 12.1 Å². The lowest BCUT2D eigenvalue weighted by atomic mass is 9.91. The number of nitrogens with zero attached hydrogens (tertiary/aromatic N) is 1. The number of ether oxygens (including phenoxy) is 1. The van der Waals surface area contributed by atoms with Gasteiger partial charge in [-0.2, -0.15) is 0 Å². The molecule has 1 aliphatic heterocycles. The van der Waals surface area contributed by atoms with Gasteiger partial charge in [0.1, 0.15) is 0 Å². The van der Waals surface area contributed by atoms with E-state index >= 15 is 0 Å². The van der Waals surface area contributed by atoms with Crippen LogP contribution in [0.25, 0.3) is 0 Å². The van der Waals surface area contributed by atoms with Crippen LogP contribution in [-0.2, 0) is 9.53 Å². The molecule has 2 rings (SSSR count). The predicted molar refractivity (Wildman–Crippen MR) is 85.5 cm³/mol. The van der Waals surface area contributed by atoms with Crippen molar-refractivity contribution >= 4 is 5.97 Å². The van der Waals surface area contributed by atoms with E-state index in [2.05, 4.69) is 37.8 Å². The van der Waals surface area contributed by atoms with E-state index in [1.165, 1.54) is 35.1 Å². The third-order valence-electron chi connectivity index (χ3n) is 4.32. The second-order valence-electron chi connectivity index (χ2n) is 6.08. The van der Waals surface area contributed by atoms with Gasteiger partial charge in [0.2, 0.25) is 0 Å². The second kappa shape index (κ2) is 7.08. The lowest BCUT2D eigenvalue weighted by molar-refractivity contribution is -0.144. The first kappa shape index (κ1) is 16.0. The maximum absolute atomic E-state index is 12.0. The van der Waals surface area contributed by atoms with Gasteiger partial charge in [0.15, 0.2) is 0 Å². The summed E-state index contributed by atoms with van der Waals surface area (Å²) in [4.78, 5) is 14.5. The van der Waals surface area contributed by atoms with Crippen molar-refractivity contribution < 1.29 is 9.53 Å². The Morgan fingerprint density at radius 1 is 1.19 bits per heavy atom. The number of aryl methyl sites for hydroxylation is 3. The molecule has 0 spiro atoms. The summed E-state index contributed by atoms with van der Waals surface area (Å²) in [6, 6.07) is 4.60. The Kier molecular flexibility index (Phi) is 5.40. The minimum atomic E-state index is -0.0891. The van der Waals surface area contributed by atoms with Crippen LogP contribution in [-0.4, -0.2) is 30.6 Å². The summed E-state index contributed by atoms with van der Waals surface area (Å²) in [6.07, 6.45) is 2.91. The van der Waals surface area contributed by atoms with Gasteiger partial charge in [-0.3, -0.25) is 9.69 Å². The van der Waals surface area contributed by atoms with Gasteiger partial charge < -0.3 is 4.74 Å². The summed E-state index contributed by atoms with van der Waals surface area (Å²) in [6.45, 7) is 10.9. The molecule has 3 nitrogen and oxygen atoms in total. The fraction of sp³-hybridized carbons (Fsp3) is 0.611. The van der Waals surface area contributed by atoms with Gasteiger partial charge in [-0.1, -0.05) is 17.7 Å². The second-order valence-corrected chi connectivity index (χ2v) is 6.08. The highest BCUT2D eigenvalue weighted by atomic mass is 16.5. The van der Waals surface area contributed by atoms with Crippen LogP contribution >= 0.6 is 0 Å². The van der Waals surface area contributed by atoms with Gasteiger partial charge in [0.25, 0.3) is 0 Å². The molecule has 0 bridgehead atoms. The number of hydrogen-bond acceptors (Lipinski definition) is 3. The smallest absolute Gasteiger partial charge is 0.307 e. The maximum Gasteiger partial charge on any atom is 0.307 e. The van der Waals surface area contributed by atoms with Crippen molar-refractivity contribution in [2.24, 2.45) is 0 Å². The average Bonchev–Trinajstić information content (AvgIpc) is 2.90. The minimum absolute atomic E-state index is 0.0891. The minimum Gasteiger partial charge on any atom is -0.466 e. The van der Waals surface area contributed by atoms with Crippen molar-refractivity contribution in [3.63, 3.8) is 0 Å². The molecule has 1 unspecified atom stereocenters. The summed E-state index contributed by atoms with van der Waals surface area (Å²) < 4.78 is 5.19. The monoisotopic (exact) mass is 289 g/mol. The SMILES string of the molecule is CCOC(=O)CC(c1c(C)cc(C)cc1C)N1CCCC1. The third kappa shape index (κ3) is 3.85. The van der Waals surface area contributed by atoms with Crippen LogP contribution in [0.1, 0.15) is 54.5 Å². The van der Waals surface area contributed by atoms with Crippen LogP contribution in [0.4, 0.5) is 0 Å².